The second kappa shape index (κ2) is 5.81. The number of aromatic nitrogens is 2. The Labute approximate surface area is 127 Å². The first-order valence-electron chi connectivity index (χ1n) is 6.12. The van der Waals surface area contributed by atoms with Gasteiger partial charge in [-0.1, -0.05) is 11.3 Å². The third-order valence-corrected chi connectivity index (χ3v) is 3.26. The van der Waals surface area contributed by atoms with Crippen LogP contribution in [0.3, 0.4) is 0 Å². The highest BCUT2D eigenvalue weighted by Gasteiger charge is 2.18. The summed E-state index contributed by atoms with van der Waals surface area (Å²) < 4.78 is 18.3. The van der Waals surface area contributed by atoms with Crippen LogP contribution in [0.2, 0.25) is 0 Å². The molecule has 0 bridgehead atoms. The Balaban J connectivity index is 2.18. The lowest BCUT2D eigenvalue weighted by Crippen LogP contribution is -2.28. The monoisotopic (exact) mass is 305 g/mol. The third-order valence-electron chi connectivity index (χ3n) is 2.22. The fourth-order valence-electron chi connectivity index (χ4n) is 1.47. The standard InChI is InChI=1S/C13H13BFN3O2S/c1-13(2,3)20-12(19)18-11-9(14)17-10(21-11)7-4-8(15)6-16-5-7/h4-6H,1-3H3,(H,18,19). The molecule has 2 radical (unpaired) electrons. The largest absolute Gasteiger partial charge is 0.444 e. The molecule has 0 saturated carbocycles. The highest BCUT2D eigenvalue weighted by Crippen LogP contribution is 2.27. The van der Waals surface area contributed by atoms with E-state index in [0.29, 0.717) is 15.6 Å². The van der Waals surface area contributed by atoms with E-state index in [0.717, 1.165) is 17.5 Å². The van der Waals surface area contributed by atoms with Gasteiger partial charge in [-0.05, 0) is 26.8 Å². The van der Waals surface area contributed by atoms with Crippen molar-refractivity contribution in [3.05, 3.63) is 24.3 Å². The molecule has 1 amide bonds. The zero-order valence-electron chi connectivity index (χ0n) is 11.8. The van der Waals surface area contributed by atoms with Crippen LogP contribution in [0.1, 0.15) is 20.8 Å². The lowest BCUT2D eigenvalue weighted by molar-refractivity contribution is 0.0636. The molecule has 21 heavy (non-hydrogen) atoms. The first kappa shape index (κ1) is 15.4. The average molecular weight is 305 g/mol. The van der Waals surface area contributed by atoms with Crippen molar-refractivity contribution in [1.82, 2.24) is 9.97 Å². The van der Waals surface area contributed by atoms with Crippen LogP contribution in [-0.2, 0) is 4.74 Å². The van der Waals surface area contributed by atoms with Crippen molar-refractivity contribution in [2.45, 2.75) is 26.4 Å². The molecule has 0 spiro atoms. The quantitative estimate of drug-likeness (QED) is 0.866. The van der Waals surface area contributed by atoms with Gasteiger partial charge in [0.05, 0.1) is 6.20 Å². The van der Waals surface area contributed by atoms with Crippen molar-refractivity contribution in [3.8, 4) is 10.6 Å². The minimum atomic E-state index is -0.623. The fourth-order valence-corrected chi connectivity index (χ4v) is 2.32. The van der Waals surface area contributed by atoms with Gasteiger partial charge in [0.1, 0.15) is 29.3 Å². The van der Waals surface area contributed by atoms with E-state index in [1.807, 2.05) is 0 Å². The topological polar surface area (TPSA) is 64.1 Å². The average Bonchev–Trinajstić information content (AvgIpc) is 2.68. The zero-order valence-corrected chi connectivity index (χ0v) is 12.6. The molecule has 0 unspecified atom stereocenters. The molecule has 0 fully saturated rings. The van der Waals surface area contributed by atoms with Crippen molar-refractivity contribution in [2.75, 3.05) is 5.32 Å². The summed E-state index contributed by atoms with van der Waals surface area (Å²) in [5.74, 6) is -0.470. The number of hydrogen-bond donors (Lipinski definition) is 1. The van der Waals surface area contributed by atoms with Crippen LogP contribution in [0.4, 0.5) is 14.2 Å². The van der Waals surface area contributed by atoms with Crippen molar-refractivity contribution < 1.29 is 13.9 Å². The Kier molecular flexibility index (Phi) is 4.27. The Morgan fingerprint density at radius 2 is 2.14 bits per heavy atom. The molecule has 108 valence electrons. The van der Waals surface area contributed by atoms with E-state index < -0.39 is 17.5 Å². The first-order valence-corrected chi connectivity index (χ1v) is 6.93. The molecule has 5 nitrogen and oxygen atoms in total. The summed E-state index contributed by atoms with van der Waals surface area (Å²) in [7, 11) is 5.74. The van der Waals surface area contributed by atoms with E-state index in [1.165, 1.54) is 12.3 Å². The van der Waals surface area contributed by atoms with E-state index >= 15 is 0 Å². The minimum Gasteiger partial charge on any atom is -0.444 e. The molecule has 0 aliphatic heterocycles. The zero-order chi connectivity index (χ0) is 15.6. The van der Waals surface area contributed by atoms with Crippen LogP contribution in [-0.4, -0.2) is 29.5 Å². The van der Waals surface area contributed by atoms with Gasteiger partial charge < -0.3 is 4.74 Å². The van der Waals surface area contributed by atoms with E-state index in [2.05, 4.69) is 15.3 Å². The van der Waals surface area contributed by atoms with Gasteiger partial charge in [0.25, 0.3) is 0 Å². The maximum Gasteiger partial charge on any atom is 0.412 e. The van der Waals surface area contributed by atoms with Crippen molar-refractivity contribution >= 4 is 35.9 Å². The number of thiazole rings is 1. The van der Waals surface area contributed by atoms with Gasteiger partial charge >= 0.3 is 6.09 Å². The second-order valence-corrected chi connectivity index (χ2v) is 6.25. The Hall–Kier alpha value is -1.96. The second-order valence-electron chi connectivity index (χ2n) is 5.25. The maximum absolute atomic E-state index is 13.1. The van der Waals surface area contributed by atoms with Crippen molar-refractivity contribution in [1.29, 1.82) is 0 Å². The summed E-state index contributed by atoms with van der Waals surface area (Å²) in [5.41, 5.74) is 0.0211. The number of amides is 1. The van der Waals surface area contributed by atoms with Gasteiger partial charge in [0.15, 0.2) is 0 Å². The lowest BCUT2D eigenvalue weighted by atomic mass is 10.1. The number of rotatable bonds is 2. The summed E-state index contributed by atoms with van der Waals surface area (Å²) in [6.07, 6.45) is 1.95. The Bertz CT molecular complexity index is 670. The number of nitrogens with one attached hydrogen (secondary N) is 1. The maximum atomic E-state index is 13.1. The van der Waals surface area contributed by atoms with Crippen molar-refractivity contribution in [3.63, 3.8) is 0 Å². The molecule has 1 N–H and O–H groups in total. The number of anilines is 1. The van der Waals surface area contributed by atoms with Crippen LogP contribution >= 0.6 is 11.3 Å². The Morgan fingerprint density at radius 3 is 2.76 bits per heavy atom. The van der Waals surface area contributed by atoms with Crippen LogP contribution in [0.25, 0.3) is 10.6 Å². The summed E-state index contributed by atoms with van der Waals surface area (Å²) in [5, 5.41) is 3.34. The molecule has 2 heterocycles. The third kappa shape index (κ3) is 4.25. The molecule has 0 aromatic carbocycles. The summed E-state index contributed by atoms with van der Waals surface area (Å²) in [6.45, 7) is 5.27. The van der Waals surface area contributed by atoms with Crippen molar-refractivity contribution in [2.24, 2.45) is 0 Å². The molecule has 2 aromatic rings. The molecule has 0 saturated heterocycles. The van der Waals surface area contributed by atoms with Gasteiger partial charge in [0, 0.05) is 17.4 Å². The van der Waals surface area contributed by atoms with Gasteiger partial charge in [-0.2, -0.15) is 0 Å². The normalized spacial score (nSPS) is 11.2. The number of halogens is 1. The molecule has 2 rings (SSSR count). The molecule has 8 heteroatoms. The van der Waals surface area contributed by atoms with Crippen LogP contribution in [0, 0.1) is 5.82 Å². The predicted molar refractivity (Wildman–Crippen MR) is 80.5 cm³/mol. The number of hydrogen-bond acceptors (Lipinski definition) is 5. The number of carbonyl (C=O) groups is 1. The van der Waals surface area contributed by atoms with Crippen LogP contribution in [0.5, 0.6) is 0 Å². The molecule has 0 atom stereocenters. The smallest absolute Gasteiger partial charge is 0.412 e. The van der Waals surface area contributed by atoms with Gasteiger partial charge in [-0.15, -0.1) is 0 Å². The molecular formula is C13H13BFN3O2S. The van der Waals surface area contributed by atoms with Gasteiger partial charge in [-0.3, -0.25) is 15.3 Å². The first-order chi connectivity index (χ1) is 9.74. The van der Waals surface area contributed by atoms with E-state index in [1.54, 1.807) is 20.8 Å². The highest BCUT2D eigenvalue weighted by molar-refractivity contribution is 7.20. The number of carbonyl (C=O) groups excluding carboxylic acids is 1. The van der Waals surface area contributed by atoms with Crippen LogP contribution < -0.4 is 10.9 Å². The molecule has 0 aliphatic carbocycles. The van der Waals surface area contributed by atoms with E-state index in [4.69, 9.17) is 12.6 Å². The van der Waals surface area contributed by atoms with E-state index in [9.17, 15) is 9.18 Å². The number of pyridine rings is 1. The molecule has 0 aliphatic rings. The fraction of sp³-hybridized carbons (Fsp3) is 0.308. The van der Waals surface area contributed by atoms with Crippen LogP contribution in [0.15, 0.2) is 18.5 Å². The van der Waals surface area contributed by atoms with Gasteiger partial charge in [0.2, 0.25) is 0 Å². The molecular weight excluding hydrogens is 292 g/mol. The highest BCUT2D eigenvalue weighted by atomic mass is 32.1. The summed E-state index contributed by atoms with van der Waals surface area (Å²) in [4.78, 5) is 19.5. The Morgan fingerprint density at radius 1 is 1.43 bits per heavy atom. The van der Waals surface area contributed by atoms with Gasteiger partial charge in [-0.25, -0.2) is 9.18 Å². The number of ether oxygens (including phenoxy) is 1. The minimum absolute atomic E-state index is 0.144. The van der Waals surface area contributed by atoms with E-state index in [-0.39, 0.29) is 5.59 Å². The SMILES string of the molecule is [B]c1nc(-c2cncc(F)c2)sc1NC(=O)OC(C)(C)C. The number of nitrogens with zero attached hydrogens (tertiary/aromatic N) is 2. The summed E-state index contributed by atoms with van der Waals surface area (Å²) in [6, 6.07) is 1.29. The summed E-state index contributed by atoms with van der Waals surface area (Å²) >= 11 is 1.12. The lowest BCUT2D eigenvalue weighted by Gasteiger charge is -2.19. The molecule has 2 aromatic heterocycles. The predicted octanol–water partition coefficient (Wildman–Crippen LogP) is 2.49.